The van der Waals surface area contributed by atoms with Gasteiger partial charge in [0.15, 0.2) is 5.78 Å². The Bertz CT molecular complexity index is 382. The van der Waals surface area contributed by atoms with Gasteiger partial charge < -0.3 is 4.98 Å². The van der Waals surface area contributed by atoms with Crippen molar-refractivity contribution in [3.8, 4) is 0 Å². The molecule has 1 N–H and O–H groups in total. The molecule has 2 nitrogen and oxygen atoms in total. The van der Waals surface area contributed by atoms with E-state index in [-0.39, 0.29) is 0 Å². The normalized spacial score (nSPS) is 33.1. The molecule has 92 valence electrons. The summed E-state index contributed by atoms with van der Waals surface area (Å²) in [6, 6.07) is 1.91. The molecule has 2 aliphatic carbocycles. The number of aromatic amines is 1. The summed E-state index contributed by atoms with van der Waals surface area (Å²) in [5.74, 6) is 2.44. The highest BCUT2D eigenvalue weighted by atomic mass is 16.1. The van der Waals surface area contributed by atoms with E-state index in [0.717, 1.165) is 30.2 Å². The molecule has 3 rings (SSSR count). The van der Waals surface area contributed by atoms with Crippen LogP contribution >= 0.6 is 0 Å². The lowest BCUT2D eigenvalue weighted by molar-refractivity contribution is 0.0763. The van der Waals surface area contributed by atoms with E-state index >= 15 is 0 Å². The first kappa shape index (κ1) is 11.1. The number of hydrogen-bond donors (Lipinski definition) is 1. The fourth-order valence-electron chi connectivity index (χ4n) is 3.82. The van der Waals surface area contributed by atoms with Crippen LogP contribution in [0.3, 0.4) is 0 Å². The topological polar surface area (TPSA) is 32.9 Å². The molecule has 1 heterocycles. The zero-order valence-corrected chi connectivity index (χ0v) is 10.3. The zero-order valence-electron chi connectivity index (χ0n) is 10.3. The predicted octanol–water partition coefficient (Wildman–Crippen LogP) is 3.80. The molecule has 2 fully saturated rings. The summed E-state index contributed by atoms with van der Waals surface area (Å²) >= 11 is 0. The Morgan fingerprint density at radius 2 is 1.94 bits per heavy atom. The van der Waals surface area contributed by atoms with E-state index in [0.29, 0.717) is 11.7 Å². The maximum absolute atomic E-state index is 12.3. The molecule has 2 aliphatic rings. The van der Waals surface area contributed by atoms with Gasteiger partial charge in [-0.25, -0.2) is 0 Å². The van der Waals surface area contributed by atoms with Crippen molar-refractivity contribution in [3.63, 3.8) is 0 Å². The number of rotatable bonds is 2. The van der Waals surface area contributed by atoms with E-state index in [2.05, 4.69) is 4.98 Å². The van der Waals surface area contributed by atoms with E-state index in [4.69, 9.17) is 0 Å². The van der Waals surface area contributed by atoms with Gasteiger partial charge in [-0.05, 0) is 37.2 Å². The second kappa shape index (κ2) is 4.67. The molecule has 2 heteroatoms. The van der Waals surface area contributed by atoms with Gasteiger partial charge in [0, 0.05) is 23.9 Å². The van der Waals surface area contributed by atoms with E-state index < -0.39 is 0 Å². The van der Waals surface area contributed by atoms with Crippen molar-refractivity contribution in [2.45, 2.75) is 44.9 Å². The summed E-state index contributed by atoms with van der Waals surface area (Å²) in [6.07, 6.45) is 12.8. The van der Waals surface area contributed by atoms with Crippen LogP contribution < -0.4 is 0 Å². The van der Waals surface area contributed by atoms with E-state index in [1.165, 1.54) is 32.1 Å². The van der Waals surface area contributed by atoms with Crippen LogP contribution in [0, 0.1) is 17.8 Å². The zero-order chi connectivity index (χ0) is 11.7. The number of nitrogens with one attached hydrogen (secondary N) is 1. The molecule has 0 amide bonds. The number of carbonyl (C=O) groups is 1. The van der Waals surface area contributed by atoms with Gasteiger partial charge in [-0.15, -0.1) is 0 Å². The van der Waals surface area contributed by atoms with Crippen LogP contribution in [0.1, 0.15) is 55.3 Å². The fourth-order valence-corrected chi connectivity index (χ4v) is 3.82. The van der Waals surface area contributed by atoms with Crippen molar-refractivity contribution in [3.05, 3.63) is 24.0 Å². The summed E-state index contributed by atoms with van der Waals surface area (Å²) in [7, 11) is 0. The number of hydrogen-bond acceptors (Lipinski definition) is 1. The minimum atomic E-state index is 0.296. The van der Waals surface area contributed by atoms with Gasteiger partial charge in [0.2, 0.25) is 0 Å². The first-order valence-electron chi connectivity index (χ1n) is 7.01. The quantitative estimate of drug-likeness (QED) is 0.771. The van der Waals surface area contributed by atoms with Gasteiger partial charge in [0.05, 0.1) is 0 Å². The fraction of sp³-hybridized carbons (Fsp3) is 0.667. The number of aromatic nitrogens is 1. The summed E-state index contributed by atoms with van der Waals surface area (Å²) in [5.41, 5.74) is 0.879. The highest BCUT2D eigenvalue weighted by Crippen LogP contribution is 2.43. The lowest BCUT2D eigenvalue weighted by atomic mass is 9.66. The minimum Gasteiger partial charge on any atom is -0.367 e. The summed E-state index contributed by atoms with van der Waals surface area (Å²) < 4.78 is 0. The van der Waals surface area contributed by atoms with Crippen molar-refractivity contribution in [2.24, 2.45) is 17.8 Å². The smallest absolute Gasteiger partial charge is 0.167 e. The van der Waals surface area contributed by atoms with Crippen LogP contribution in [0.25, 0.3) is 0 Å². The molecule has 17 heavy (non-hydrogen) atoms. The molecule has 0 aromatic carbocycles. The van der Waals surface area contributed by atoms with Gasteiger partial charge in [-0.3, -0.25) is 4.79 Å². The summed E-state index contributed by atoms with van der Waals surface area (Å²) in [6.45, 7) is 0. The van der Waals surface area contributed by atoms with Crippen LogP contribution in [0.2, 0.25) is 0 Å². The lowest BCUT2D eigenvalue weighted by Gasteiger charge is -2.38. The van der Waals surface area contributed by atoms with Gasteiger partial charge in [-0.2, -0.15) is 0 Å². The Kier molecular flexibility index (Phi) is 3.04. The van der Waals surface area contributed by atoms with Crippen molar-refractivity contribution in [1.82, 2.24) is 4.98 Å². The second-order valence-electron chi connectivity index (χ2n) is 5.78. The number of ketones is 1. The largest absolute Gasteiger partial charge is 0.367 e. The molecule has 2 saturated carbocycles. The first-order valence-corrected chi connectivity index (χ1v) is 7.01. The van der Waals surface area contributed by atoms with Crippen LogP contribution in [0.4, 0.5) is 0 Å². The van der Waals surface area contributed by atoms with Crippen molar-refractivity contribution in [1.29, 1.82) is 0 Å². The maximum atomic E-state index is 12.3. The SMILES string of the molecule is O=C(c1cc[nH]c1)C1CCC2CCCCC2C1. The van der Waals surface area contributed by atoms with Gasteiger partial charge >= 0.3 is 0 Å². The Labute approximate surface area is 103 Å². The van der Waals surface area contributed by atoms with Crippen molar-refractivity contribution in [2.75, 3.05) is 0 Å². The molecule has 0 bridgehead atoms. The summed E-state index contributed by atoms with van der Waals surface area (Å²) in [5, 5.41) is 0. The Morgan fingerprint density at radius 3 is 2.71 bits per heavy atom. The Balaban J connectivity index is 1.67. The molecule has 0 radical (unpaired) electrons. The third kappa shape index (κ3) is 2.18. The van der Waals surface area contributed by atoms with Gasteiger partial charge in [0.25, 0.3) is 0 Å². The van der Waals surface area contributed by atoms with Crippen molar-refractivity contribution < 1.29 is 4.79 Å². The number of H-pyrrole nitrogens is 1. The van der Waals surface area contributed by atoms with E-state index in [1.54, 1.807) is 0 Å². The molecule has 1 aromatic rings. The molecule has 1 aromatic heterocycles. The van der Waals surface area contributed by atoms with Crippen molar-refractivity contribution >= 4 is 5.78 Å². The molecule has 0 aliphatic heterocycles. The molecule has 3 atom stereocenters. The Morgan fingerprint density at radius 1 is 1.12 bits per heavy atom. The lowest BCUT2D eigenvalue weighted by Crippen LogP contribution is -2.31. The van der Waals surface area contributed by atoms with Gasteiger partial charge in [-0.1, -0.05) is 25.7 Å². The second-order valence-corrected chi connectivity index (χ2v) is 5.78. The maximum Gasteiger partial charge on any atom is 0.167 e. The molecule has 0 spiro atoms. The average molecular weight is 231 g/mol. The third-order valence-electron chi connectivity index (χ3n) is 4.79. The van der Waals surface area contributed by atoms with Crippen LogP contribution in [-0.2, 0) is 0 Å². The predicted molar refractivity (Wildman–Crippen MR) is 67.9 cm³/mol. The number of fused-ring (bicyclic) bond motifs is 1. The number of Topliss-reactive ketones (excluding diaryl/α,β-unsaturated/α-hetero) is 1. The highest BCUT2D eigenvalue weighted by Gasteiger charge is 2.35. The van der Waals surface area contributed by atoms with Gasteiger partial charge in [0.1, 0.15) is 0 Å². The highest BCUT2D eigenvalue weighted by molar-refractivity contribution is 5.97. The molecular weight excluding hydrogens is 210 g/mol. The van der Waals surface area contributed by atoms with Crippen LogP contribution in [0.5, 0.6) is 0 Å². The average Bonchev–Trinajstić information content (AvgIpc) is 2.91. The molecule has 3 unspecified atom stereocenters. The first-order chi connectivity index (χ1) is 8.34. The Hall–Kier alpha value is -1.05. The van der Waals surface area contributed by atoms with E-state index in [9.17, 15) is 4.79 Å². The van der Waals surface area contributed by atoms with E-state index in [1.807, 2.05) is 18.5 Å². The molecule has 0 saturated heterocycles. The van der Waals surface area contributed by atoms with Crippen LogP contribution in [0.15, 0.2) is 18.5 Å². The third-order valence-corrected chi connectivity index (χ3v) is 4.79. The minimum absolute atomic E-state index is 0.296. The summed E-state index contributed by atoms with van der Waals surface area (Å²) in [4.78, 5) is 15.3. The number of carbonyl (C=O) groups excluding carboxylic acids is 1. The molecular formula is C15H21NO. The standard InChI is InChI=1S/C15H21NO/c17-15(14-7-8-16-10-14)13-6-5-11-3-1-2-4-12(11)9-13/h7-8,10-13,16H,1-6,9H2. The van der Waals surface area contributed by atoms with Crippen LogP contribution in [-0.4, -0.2) is 10.8 Å². The monoisotopic (exact) mass is 231 g/mol.